The molecule has 9 heteroatoms. The fourth-order valence-electron chi connectivity index (χ4n) is 2.17. The Morgan fingerprint density at radius 2 is 2.11 bits per heavy atom. The molecule has 5 nitrogen and oxygen atoms in total. The van der Waals surface area contributed by atoms with Gasteiger partial charge >= 0.3 is 0 Å². The van der Waals surface area contributed by atoms with E-state index in [1.165, 1.54) is 35.2 Å². The Labute approximate surface area is 168 Å². The van der Waals surface area contributed by atoms with E-state index in [4.69, 9.17) is 17.5 Å². The highest BCUT2D eigenvalue weighted by atomic mass is 32.2. The number of halogens is 1. The molecule has 0 saturated carbocycles. The average molecular weight is 417 g/mol. The summed E-state index contributed by atoms with van der Waals surface area (Å²) in [6, 6.07) is 14.6. The molecule has 1 aromatic heterocycles. The van der Waals surface area contributed by atoms with Crippen LogP contribution >= 0.6 is 35.3 Å². The standard InChI is InChI=1S/C18H13FN4OS3/c1-11(16(24)21-14-4-2-3-12(9-14)10-20)26-17-22-23(18(25)27-17)15-7-5-13(19)6-8-15/h2-9,11H,1H3,(H,21,24). The highest BCUT2D eigenvalue weighted by molar-refractivity contribution is 8.02. The van der Waals surface area contributed by atoms with Gasteiger partial charge in [-0.1, -0.05) is 29.2 Å². The van der Waals surface area contributed by atoms with Gasteiger partial charge in [-0.2, -0.15) is 5.26 Å². The van der Waals surface area contributed by atoms with Crippen LogP contribution in [-0.4, -0.2) is 20.9 Å². The molecule has 3 aromatic rings. The number of amides is 1. The fraction of sp³-hybridized carbons (Fsp3) is 0.111. The highest BCUT2D eigenvalue weighted by Gasteiger charge is 2.18. The van der Waals surface area contributed by atoms with Crippen molar-refractivity contribution in [1.82, 2.24) is 9.78 Å². The molecule has 2 aromatic carbocycles. The monoisotopic (exact) mass is 416 g/mol. The summed E-state index contributed by atoms with van der Waals surface area (Å²) in [5.41, 5.74) is 1.70. The van der Waals surface area contributed by atoms with Crippen molar-refractivity contribution in [2.75, 3.05) is 5.32 Å². The summed E-state index contributed by atoms with van der Waals surface area (Å²) in [6.07, 6.45) is 0. The molecule has 0 radical (unpaired) electrons. The van der Waals surface area contributed by atoms with E-state index in [0.717, 1.165) is 0 Å². The lowest BCUT2D eigenvalue weighted by Gasteiger charge is -2.10. The number of carbonyl (C=O) groups excluding carboxylic acids is 1. The Bertz CT molecular complexity index is 1070. The summed E-state index contributed by atoms with van der Waals surface area (Å²) in [5, 5.41) is 15.7. The quantitative estimate of drug-likeness (QED) is 0.478. The maximum absolute atomic E-state index is 13.1. The fourth-order valence-corrected chi connectivity index (χ4v) is 4.67. The van der Waals surface area contributed by atoms with Gasteiger partial charge in [0.15, 0.2) is 8.29 Å². The molecule has 0 bridgehead atoms. The second-order valence-electron chi connectivity index (χ2n) is 5.46. The number of carbonyl (C=O) groups is 1. The van der Waals surface area contributed by atoms with E-state index in [1.807, 2.05) is 6.07 Å². The van der Waals surface area contributed by atoms with E-state index >= 15 is 0 Å². The lowest BCUT2D eigenvalue weighted by Crippen LogP contribution is -2.22. The molecule has 1 heterocycles. The predicted molar refractivity (Wildman–Crippen MR) is 107 cm³/mol. The van der Waals surface area contributed by atoms with Crippen molar-refractivity contribution in [2.45, 2.75) is 16.5 Å². The van der Waals surface area contributed by atoms with Crippen molar-refractivity contribution in [1.29, 1.82) is 5.26 Å². The smallest absolute Gasteiger partial charge is 0.237 e. The van der Waals surface area contributed by atoms with Gasteiger partial charge in [-0.15, -0.1) is 5.10 Å². The van der Waals surface area contributed by atoms with Crippen LogP contribution in [0.1, 0.15) is 12.5 Å². The van der Waals surface area contributed by atoms with Gasteiger partial charge in [0.2, 0.25) is 5.91 Å². The molecule has 0 saturated heterocycles. The molecular weight excluding hydrogens is 403 g/mol. The molecule has 0 fully saturated rings. The van der Waals surface area contributed by atoms with E-state index < -0.39 is 5.25 Å². The van der Waals surface area contributed by atoms with E-state index in [1.54, 1.807) is 48.0 Å². The van der Waals surface area contributed by atoms with Crippen molar-refractivity contribution in [3.8, 4) is 11.8 Å². The Morgan fingerprint density at radius 3 is 2.81 bits per heavy atom. The van der Waals surface area contributed by atoms with Gasteiger partial charge < -0.3 is 5.32 Å². The van der Waals surface area contributed by atoms with E-state index in [-0.39, 0.29) is 11.7 Å². The van der Waals surface area contributed by atoms with Gasteiger partial charge in [0.1, 0.15) is 5.82 Å². The van der Waals surface area contributed by atoms with Crippen LogP contribution in [0.25, 0.3) is 5.69 Å². The molecule has 0 aliphatic carbocycles. The molecule has 1 amide bonds. The lowest BCUT2D eigenvalue weighted by atomic mass is 10.2. The summed E-state index contributed by atoms with van der Waals surface area (Å²) in [5.74, 6) is -0.537. The predicted octanol–water partition coefficient (Wildman–Crippen LogP) is 4.79. The number of thioether (sulfide) groups is 1. The van der Waals surface area contributed by atoms with Gasteiger partial charge in [0.25, 0.3) is 0 Å². The van der Waals surface area contributed by atoms with Gasteiger partial charge in [-0.3, -0.25) is 4.79 Å². The number of nitrogens with zero attached hydrogens (tertiary/aromatic N) is 3. The molecule has 1 unspecified atom stereocenters. The van der Waals surface area contributed by atoms with Crippen LogP contribution < -0.4 is 5.32 Å². The number of rotatable bonds is 5. The maximum atomic E-state index is 13.1. The number of hydrogen-bond acceptors (Lipinski definition) is 6. The third-order valence-corrected chi connectivity index (χ3v) is 5.92. The van der Waals surface area contributed by atoms with E-state index in [2.05, 4.69) is 10.4 Å². The lowest BCUT2D eigenvalue weighted by molar-refractivity contribution is -0.115. The summed E-state index contributed by atoms with van der Waals surface area (Å²) in [4.78, 5) is 12.4. The number of aromatic nitrogens is 2. The maximum Gasteiger partial charge on any atom is 0.237 e. The molecule has 1 atom stereocenters. The largest absolute Gasteiger partial charge is 0.325 e. The summed E-state index contributed by atoms with van der Waals surface area (Å²) in [6.45, 7) is 1.76. The van der Waals surface area contributed by atoms with Gasteiger partial charge in [-0.05, 0) is 61.6 Å². The number of nitrogens with one attached hydrogen (secondary N) is 1. The molecule has 0 spiro atoms. The van der Waals surface area contributed by atoms with Crippen LogP contribution in [0.5, 0.6) is 0 Å². The summed E-state index contributed by atoms with van der Waals surface area (Å²) >= 11 is 7.89. The second-order valence-corrected chi connectivity index (χ2v) is 8.67. The Morgan fingerprint density at radius 1 is 1.37 bits per heavy atom. The Balaban J connectivity index is 1.70. The van der Waals surface area contributed by atoms with Crippen LogP contribution in [0.4, 0.5) is 10.1 Å². The molecular formula is C18H13FN4OS3. The summed E-state index contributed by atoms with van der Waals surface area (Å²) in [7, 11) is 0. The SMILES string of the molecule is CC(Sc1nn(-c2ccc(F)cc2)c(=S)s1)C(=O)Nc1cccc(C#N)c1. The van der Waals surface area contributed by atoms with Crippen LogP contribution in [0, 0.1) is 21.1 Å². The third-order valence-electron chi connectivity index (χ3n) is 3.51. The minimum atomic E-state index is -0.419. The van der Waals surface area contributed by atoms with Crippen LogP contribution in [0.2, 0.25) is 0 Å². The zero-order valence-electron chi connectivity index (χ0n) is 14.0. The first-order valence-electron chi connectivity index (χ1n) is 7.80. The zero-order chi connectivity index (χ0) is 19.4. The molecule has 3 rings (SSSR count). The average Bonchev–Trinajstić information content (AvgIpc) is 3.02. The van der Waals surface area contributed by atoms with Gasteiger partial charge in [0.05, 0.1) is 22.6 Å². The first kappa shape index (κ1) is 19.2. The topological polar surface area (TPSA) is 70.7 Å². The van der Waals surface area contributed by atoms with Crippen LogP contribution in [0.15, 0.2) is 52.9 Å². The van der Waals surface area contributed by atoms with Crippen molar-refractivity contribution in [2.24, 2.45) is 0 Å². The van der Waals surface area contributed by atoms with Crippen LogP contribution in [0.3, 0.4) is 0 Å². The first-order valence-corrected chi connectivity index (χ1v) is 9.90. The third kappa shape index (κ3) is 4.80. The van der Waals surface area contributed by atoms with Crippen molar-refractivity contribution in [3.63, 3.8) is 0 Å². The van der Waals surface area contributed by atoms with Crippen molar-refractivity contribution in [3.05, 3.63) is 63.9 Å². The van der Waals surface area contributed by atoms with Gasteiger partial charge in [0, 0.05) is 5.69 Å². The minimum absolute atomic E-state index is 0.204. The minimum Gasteiger partial charge on any atom is -0.325 e. The molecule has 27 heavy (non-hydrogen) atoms. The number of anilines is 1. The Kier molecular flexibility index (Phi) is 6.01. The normalized spacial score (nSPS) is 11.6. The second kappa shape index (κ2) is 8.43. The van der Waals surface area contributed by atoms with Crippen LogP contribution in [-0.2, 0) is 4.79 Å². The van der Waals surface area contributed by atoms with Crippen molar-refractivity contribution >= 4 is 46.9 Å². The number of benzene rings is 2. The van der Waals surface area contributed by atoms with Crippen molar-refractivity contribution < 1.29 is 9.18 Å². The number of hydrogen-bond donors (Lipinski definition) is 1. The zero-order valence-corrected chi connectivity index (χ0v) is 16.5. The first-order chi connectivity index (χ1) is 13.0. The molecule has 136 valence electrons. The van der Waals surface area contributed by atoms with E-state index in [9.17, 15) is 9.18 Å². The summed E-state index contributed by atoms with van der Waals surface area (Å²) < 4.78 is 15.8. The molecule has 1 N–H and O–H groups in total. The van der Waals surface area contributed by atoms with E-state index in [0.29, 0.717) is 25.2 Å². The van der Waals surface area contributed by atoms with Gasteiger partial charge in [-0.25, -0.2) is 9.07 Å². The Hall–Kier alpha value is -2.54. The number of nitriles is 1. The molecule has 0 aliphatic heterocycles. The molecule has 0 aliphatic rings. The highest BCUT2D eigenvalue weighted by Crippen LogP contribution is 2.28.